The van der Waals surface area contributed by atoms with Crippen molar-refractivity contribution in [3.05, 3.63) is 57.6 Å². The van der Waals surface area contributed by atoms with Gasteiger partial charge in [-0.15, -0.1) is 11.3 Å². The van der Waals surface area contributed by atoms with Crippen molar-refractivity contribution in [2.75, 3.05) is 32.8 Å². The first-order valence-electron chi connectivity index (χ1n) is 26.8. The van der Waals surface area contributed by atoms with Gasteiger partial charge < -0.3 is 24.8 Å². The molecule has 11 nitrogen and oxygen atoms in total. The molecule has 1 unspecified atom stereocenters. The van der Waals surface area contributed by atoms with E-state index in [0.29, 0.717) is 86.2 Å². The van der Waals surface area contributed by atoms with Gasteiger partial charge in [-0.3, -0.25) is 29.1 Å². The molecule has 0 spiro atoms. The van der Waals surface area contributed by atoms with Crippen LogP contribution in [0.1, 0.15) is 147 Å². The van der Waals surface area contributed by atoms with Crippen LogP contribution in [-0.2, 0) is 30.5 Å². The van der Waals surface area contributed by atoms with Crippen LogP contribution in [0.25, 0.3) is 21.3 Å². The Hall–Kier alpha value is -3.84. The van der Waals surface area contributed by atoms with E-state index in [0.717, 1.165) is 86.9 Å². The summed E-state index contributed by atoms with van der Waals surface area (Å²) < 4.78 is 13.5. The van der Waals surface area contributed by atoms with E-state index in [1.807, 2.05) is 36.1 Å². The minimum Gasteiger partial charge on any atom is -0.489 e. The molecular formula is C57H77ClN4O7S. The van der Waals surface area contributed by atoms with Gasteiger partial charge in [0.25, 0.3) is 0 Å². The lowest BCUT2D eigenvalue weighted by molar-refractivity contribution is -0.139. The summed E-state index contributed by atoms with van der Waals surface area (Å²) in [4.78, 5) is 59.4. The summed E-state index contributed by atoms with van der Waals surface area (Å²) in [6.07, 6.45) is 20.0. The van der Waals surface area contributed by atoms with Gasteiger partial charge in [-0.2, -0.15) is 0 Å². The maximum Gasteiger partial charge on any atom is 0.230 e. The van der Waals surface area contributed by atoms with E-state index >= 15 is 0 Å². The smallest absolute Gasteiger partial charge is 0.230 e. The van der Waals surface area contributed by atoms with Crippen molar-refractivity contribution < 1.29 is 33.8 Å². The molecule has 9 rings (SSSR count). The van der Waals surface area contributed by atoms with E-state index in [1.165, 1.54) is 61.2 Å². The number of aliphatic hydroxyl groups is 1. The molecule has 2 aliphatic heterocycles. The van der Waals surface area contributed by atoms with Gasteiger partial charge in [-0.1, -0.05) is 70.2 Å². The Morgan fingerprint density at radius 2 is 1.76 bits per heavy atom. The molecule has 1 aromatic carbocycles. The molecule has 2 N–H and O–H groups in total. The number of likely N-dealkylation sites (tertiary alicyclic amines) is 2. The van der Waals surface area contributed by atoms with Crippen LogP contribution in [0, 0.1) is 53.3 Å². The Labute approximate surface area is 424 Å². The van der Waals surface area contributed by atoms with Crippen molar-refractivity contribution in [2.24, 2.45) is 46.3 Å². The summed E-state index contributed by atoms with van der Waals surface area (Å²) >= 11 is 8.15. The lowest BCUT2D eigenvalue weighted by Crippen LogP contribution is -2.50. The zero-order valence-corrected chi connectivity index (χ0v) is 43.9. The summed E-state index contributed by atoms with van der Waals surface area (Å²) in [6.45, 7) is 14.4. The van der Waals surface area contributed by atoms with Crippen LogP contribution in [0.3, 0.4) is 0 Å². The number of hydrogen-bond acceptors (Lipinski definition) is 9. The number of hydrogen-bond donors (Lipinski definition) is 2. The fourth-order valence-electron chi connectivity index (χ4n) is 14.5. The third kappa shape index (κ3) is 10.8. The number of fused-ring (bicyclic) bond motifs is 6. The monoisotopic (exact) mass is 997 g/mol. The number of thiophene rings is 1. The van der Waals surface area contributed by atoms with Crippen molar-refractivity contribution in [2.45, 2.75) is 163 Å². The molecular weight excluding hydrogens is 920 g/mol. The average molecular weight is 998 g/mol. The van der Waals surface area contributed by atoms with E-state index < -0.39 is 0 Å². The number of nitrogens with zero attached hydrogens (tertiary/aromatic N) is 3. The first-order chi connectivity index (χ1) is 33.6. The van der Waals surface area contributed by atoms with Crippen molar-refractivity contribution in [1.29, 1.82) is 0 Å². The van der Waals surface area contributed by atoms with Gasteiger partial charge in [0, 0.05) is 79.0 Å². The molecule has 3 saturated carbocycles. The van der Waals surface area contributed by atoms with E-state index in [-0.39, 0.29) is 55.2 Å². The number of benzene rings is 1. The molecule has 5 fully saturated rings. The Kier molecular flexibility index (Phi) is 15.8. The Morgan fingerprint density at radius 1 is 0.971 bits per heavy atom. The molecule has 6 aliphatic rings. The Bertz CT molecular complexity index is 2430. The molecule has 9 atom stereocenters. The van der Waals surface area contributed by atoms with E-state index in [9.17, 15) is 24.3 Å². The minimum absolute atomic E-state index is 0.0595. The molecule has 2 aromatic heterocycles. The zero-order chi connectivity index (χ0) is 49.3. The van der Waals surface area contributed by atoms with Crippen LogP contribution in [0.2, 0.25) is 5.02 Å². The van der Waals surface area contributed by atoms with Gasteiger partial charge in [-0.05, 0) is 134 Å². The molecule has 0 radical (unpaired) electrons. The van der Waals surface area contributed by atoms with Gasteiger partial charge in [0.05, 0.1) is 42.5 Å². The second kappa shape index (κ2) is 21.7. The number of aliphatic hydroxyl groups excluding tert-OH is 1. The highest BCUT2D eigenvalue weighted by molar-refractivity contribution is 7.19. The van der Waals surface area contributed by atoms with Crippen LogP contribution in [0.15, 0.2) is 42.1 Å². The van der Waals surface area contributed by atoms with Gasteiger partial charge in [0.1, 0.15) is 11.9 Å². The largest absolute Gasteiger partial charge is 0.489 e. The lowest BCUT2D eigenvalue weighted by atomic mass is 9.47. The number of rotatable bonds is 18. The quantitative estimate of drug-likeness (QED) is 0.0730. The summed E-state index contributed by atoms with van der Waals surface area (Å²) in [7, 11) is 0. The van der Waals surface area contributed by atoms with Gasteiger partial charge in [-0.25, -0.2) is 0 Å². The maximum atomic E-state index is 13.2. The van der Waals surface area contributed by atoms with Crippen LogP contribution in [-0.4, -0.2) is 88.6 Å². The molecule has 380 valence electrons. The topological polar surface area (TPSA) is 138 Å². The van der Waals surface area contributed by atoms with Crippen LogP contribution in [0.5, 0.6) is 5.75 Å². The summed E-state index contributed by atoms with van der Waals surface area (Å²) in [5, 5.41) is 14.0. The number of imide groups is 1. The van der Waals surface area contributed by atoms with E-state index in [2.05, 4.69) is 44.1 Å². The SMILES string of the molecule is Cc1cc(Cl)cc(-c2ccnc3cc(CN4C(=O)CCC4=O)sc23)c1OC1CCN(C(=O)CCOCCNC(=O)CC(C)CCC[C@@H](C)[C@H]2CC[C@H]3[C@@H]4CC=C5C[C@@H](O)CC[C@]5(C)[C@H]4CC[C@]23C)CC1. The number of carbonyl (C=O) groups is 4. The van der Waals surface area contributed by atoms with Gasteiger partial charge in [0.15, 0.2) is 0 Å². The highest BCUT2D eigenvalue weighted by Gasteiger charge is 2.59. The van der Waals surface area contributed by atoms with Crippen molar-refractivity contribution in [3.8, 4) is 16.9 Å². The molecule has 4 heterocycles. The lowest BCUT2D eigenvalue weighted by Gasteiger charge is -2.58. The van der Waals surface area contributed by atoms with Crippen LogP contribution in [0.4, 0.5) is 0 Å². The molecule has 0 bridgehead atoms. The first kappa shape index (κ1) is 51.1. The molecule has 4 amide bonds. The fraction of sp³-hybridized carbons (Fsp3) is 0.667. The third-order valence-electron chi connectivity index (χ3n) is 18.3. The molecule has 3 aromatic rings. The van der Waals surface area contributed by atoms with Crippen molar-refractivity contribution in [3.63, 3.8) is 0 Å². The molecule has 4 aliphatic carbocycles. The van der Waals surface area contributed by atoms with E-state index in [1.54, 1.807) is 11.8 Å². The minimum atomic E-state index is -0.142. The second-order valence-corrected chi connectivity index (χ2v) is 24.3. The number of halogens is 1. The van der Waals surface area contributed by atoms with Crippen molar-refractivity contribution >= 4 is 56.8 Å². The number of pyridine rings is 1. The molecule has 13 heteroatoms. The highest BCUT2D eigenvalue weighted by Crippen LogP contribution is 2.67. The standard InChI is InChI=1S/C57H77ClN4O7S/c1-35(7-6-8-36(2)46-11-12-47-44-10-9-38-31-40(63)15-21-56(38,4)48(44)16-22-57(46,47)5)29-50(64)60-24-28-68-27-20-51(65)61-25-18-41(19-26-61)69-54-37(3)30-39(58)32-45(54)43-17-23-59-49-33-42(70-55(43)49)34-62-52(66)13-14-53(62)67/h9,17,23,30,32-33,35-36,40-41,44,46-48,63H,6-8,10-16,18-22,24-29,31,34H2,1-5H3,(H,60,64)/t35?,36-,40+,44+,46-,47+,48+,56+,57-/m1/s1. The second-order valence-electron chi connectivity index (χ2n) is 22.8. The number of nitrogens with one attached hydrogen (secondary N) is 1. The van der Waals surface area contributed by atoms with E-state index in [4.69, 9.17) is 21.1 Å². The third-order valence-corrected chi connectivity index (χ3v) is 19.7. The number of allylic oxidation sites excluding steroid dienone is 1. The Morgan fingerprint density at radius 3 is 2.54 bits per heavy atom. The fourth-order valence-corrected chi connectivity index (χ4v) is 15.9. The number of piperidine rings is 1. The summed E-state index contributed by atoms with van der Waals surface area (Å²) in [5.41, 5.74) is 5.78. The highest BCUT2D eigenvalue weighted by atomic mass is 35.5. The van der Waals surface area contributed by atoms with Crippen LogP contribution < -0.4 is 10.1 Å². The summed E-state index contributed by atoms with van der Waals surface area (Å²) in [5.74, 6) is 4.83. The number of aromatic nitrogens is 1. The van der Waals surface area contributed by atoms with Gasteiger partial charge >= 0.3 is 0 Å². The number of carbonyl (C=O) groups excluding carboxylic acids is 4. The van der Waals surface area contributed by atoms with Gasteiger partial charge in [0.2, 0.25) is 23.6 Å². The molecule has 2 saturated heterocycles. The first-order valence-corrected chi connectivity index (χ1v) is 28.0. The number of ether oxygens (including phenoxy) is 2. The normalized spacial score (nSPS) is 28.8. The van der Waals surface area contributed by atoms with Crippen molar-refractivity contribution in [1.82, 2.24) is 20.1 Å². The van der Waals surface area contributed by atoms with Crippen LogP contribution >= 0.6 is 22.9 Å². The maximum absolute atomic E-state index is 13.2. The predicted octanol–water partition coefficient (Wildman–Crippen LogP) is 11.2. The number of amides is 4. The molecule has 70 heavy (non-hydrogen) atoms. The zero-order valence-electron chi connectivity index (χ0n) is 42.4. The summed E-state index contributed by atoms with van der Waals surface area (Å²) in [6, 6.07) is 7.72. The Balaban J connectivity index is 0.656. The average Bonchev–Trinajstić information content (AvgIpc) is 4.02. The number of aryl methyl sites for hydroxylation is 1. The predicted molar refractivity (Wildman–Crippen MR) is 276 cm³/mol.